The van der Waals surface area contributed by atoms with Gasteiger partial charge in [-0.15, -0.1) is 0 Å². The number of aryl methyl sites for hydroxylation is 1. The van der Waals surface area contributed by atoms with Gasteiger partial charge in [-0.25, -0.2) is 0 Å². The lowest BCUT2D eigenvalue weighted by Gasteiger charge is -2.33. The van der Waals surface area contributed by atoms with Crippen molar-refractivity contribution in [2.75, 3.05) is 5.32 Å². The molecule has 88 valence electrons. The number of hydrogen-bond acceptors (Lipinski definition) is 2. The normalized spacial score (nSPS) is 30.1. The lowest BCUT2D eigenvalue weighted by molar-refractivity contribution is 0.0196. The zero-order chi connectivity index (χ0) is 11.6. The van der Waals surface area contributed by atoms with E-state index in [4.69, 9.17) is 0 Å². The molecule has 1 aromatic carbocycles. The summed E-state index contributed by atoms with van der Waals surface area (Å²) < 4.78 is 0. The molecule has 0 bridgehead atoms. The van der Waals surface area contributed by atoms with Gasteiger partial charge >= 0.3 is 0 Å². The van der Waals surface area contributed by atoms with E-state index < -0.39 is 5.60 Å². The highest BCUT2D eigenvalue weighted by molar-refractivity contribution is 5.45. The summed E-state index contributed by atoms with van der Waals surface area (Å²) in [6, 6.07) is 9.02. The molecular formula is C14H21NO. The summed E-state index contributed by atoms with van der Waals surface area (Å²) in [7, 11) is 0. The van der Waals surface area contributed by atoms with E-state index in [1.165, 1.54) is 11.3 Å². The average Bonchev–Trinajstić information content (AvgIpc) is 2.24. The highest BCUT2D eigenvalue weighted by atomic mass is 16.3. The second-order valence-electron chi connectivity index (χ2n) is 5.28. The molecule has 0 aliphatic heterocycles. The molecule has 2 N–H and O–H groups in total. The summed E-state index contributed by atoms with van der Waals surface area (Å²) in [4.78, 5) is 0. The largest absolute Gasteiger partial charge is 0.390 e. The Labute approximate surface area is 97.7 Å². The lowest BCUT2D eigenvalue weighted by atomic mass is 9.83. The maximum Gasteiger partial charge on any atom is 0.0621 e. The van der Waals surface area contributed by atoms with Crippen molar-refractivity contribution >= 4 is 5.69 Å². The minimum atomic E-state index is -0.439. The average molecular weight is 219 g/mol. The monoisotopic (exact) mass is 219 g/mol. The van der Waals surface area contributed by atoms with Crippen LogP contribution in [0.4, 0.5) is 5.69 Å². The van der Waals surface area contributed by atoms with Crippen LogP contribution in [0.15, 0.2) is 24.3 Å². The van der Waals surface area contributed by atoms with E-state index in [9.17, 15) is 5.11 Å². The van der Waals surface area contributed by atoms with Gasteiger partial charge in [0.1, 0.15) is 0 Å². The van der Waals surface area contributed by atoms with Crippen molar-refractivity contribution in [3.63, 3.8) is 0 Å². The number of anilines is 1. The maximum atomic E-state index is 9.87. The third-order valence-electron chi connectivity index (χ3n) is 3.49. The fourth-order valence-corrected chi connectivity index (χ4v) is 2.27. The maximum absolute atomic E-state index is 9.87. The Balaban J connectivity index is 1.89. The summed E-state index contributed by atoms with van der Waals surface area (Å²) in [5.74, 6) is 0. The van der Waals surface area contributed by atoms with Gasteiger partial charge in [0.15, 0.2) is 0 Å². The third-order valence-corrected chi connectivity index (χ3v) is 3.49. The standard InChI is InChI=1S/C14H21NO/c1-11-3-5-12(6-4-11)15-13-7-9-14(2,16)10-8-13/h3-6,13,15-16H,7-10H2,1-2H3. The van der Waals surface area contributed by atoms with Gasteiger partial charge in [-0.1, -0.05) is 17.7 Å². The molecule has 0 unspecified atom stereocenters. The zero-order valence-corrected chi connectivity index (χ0v) is 10.2. The van der Waals surface area contributed by atoms with Gasteiger partial charge in [0.05, 0.1) is 5.60 Å². The molecule has 1 aromatic rings. The summed E-state index contributed by atoms with van der Waals surface area (Å²) in [6.45, 7) is 4.04. The molecule has 0 heterocycles. The first-order valence-electron chi connectivity index (χ1n) is 6.11. The van der Waals surface area contributed by atoms with E-state index in [0.29, 0.717) is 6.04 Å². The van der Waals surface area contributed by atoms with Gasteiger partial charge < -0.3 is 10.4 Å². The van der Waals surface area contributed by atoms with Crippen molar-refractivity contribution in [1.29, 1.82) is 0 Å². The quantitative estimate of drug-likeness (QED) is 0.801. The van der Waals surface area contributed by atoms with E-state index in [1.54, 1.807) is 0 Å². The van der Waals surface area contributed by atoms with Crippen molar-refractivity contribution in [2.24, 2.45) is 0 Å². The minimum Gasteiger partial charge on any atom is -0.390 e. The van der Waals surface area contributed by atoms with Crippen molar-refractivity contribution in [3.8, 4) is 0 Å². The lowest BCUT2D eigenvalue weighted by Crippen LogP contribution is -2.35. The van der Waals surface area contributed by atoms with Gasteiger partial charge in [-0.3, -0.25) is 0 Å². The van der Waals surface area contributed by atoms with Crippen LogP contribution in [0.3, 0.4) is 0 Å². The molecule has 16 heavy (non-hydrogen) atoms. The van der Waals surface area contributed by atoms with Crippen molar-refractivity contribution in [2.45, 2.75) is 51.2 Å². The Hall–Kier alpha value is -1.02. The summed E-state index contributed by atoms with van der Waals surface area (Å²) in [5, 5.41) is 13.4. The molecule has 2 rings (SSSR count). The van der Waals surface area contributed by atoms with Gasteiger partial charge in [0, 0.05) is 11.7 Å². The molecule has 2 heteroatoms. The summed E-state index contributed by atoms with van der Waals surface area (Å²) in [6.07, 6.45) is 3.91. The second kappa shape index (κ2) is 4.46. The van der Waals surface area contributed by atoms with Gasteiger partial charge in [-0.05, 0) is 51.7 Å². The van der Waals surface area contributed by atoms with E-state index in [-0.39, 0.29) is 0 Å². The van der Waals surface area contributed by atoms with E-state index in [1.807, 2.05) is 6.92 Å². The first-order chi connectivity index (χ1) is 7.55. The fraction of sp³-hybridized carbons (Fsp3) is 0.571. The second-order valence-corrected chi connectivity index (χ2v) is 5.28. The van der Waals surface area contributed by atoms with Crippen molar-refractivity contribution in [1.82, 2.24) is 0 Å². The number of nitrogens with one attached hydrogen (secondary N) is 1. The SMILES string of the molecule is Cc1ccc(NC2CCC(C)(O)CC2)cc1. The van der Waals surface area contributed by atoms with Crippen LogP contribution < -0.4 is 5.32 Å². The van der Waals surface area contributed by atoms with Crippen LogP contribution in [0.25, 0.3) is 0 Å². The molecule has 0 spiro atoms. The van der Waals surface area contributed by atoms with E-state index in [0.717, 1.165) is 25.7 Å². The van der Waals surface area contributed by atoms with Crippen LogP contribution in [0.2, 0.25) is 0 Å². The van der Waals surface area contributed by atoms with Crippen LogP contribution in [-0.2, 0) is 0 Å². The molecule has 2 nitrogen and oxygen atoms in total. The molecule has 0 saturated heterocycles. The molecule has 0 aromatic heterocycles. The van der Waals surface area contributed by atoms with Gasteiger partial charge in [0.2, 0.25) is 0 Å². The number of rotatable bonds is 2. The minimum absolute atomic E-state index is 0.439. The Morgan fingerprint density at radius 1 is 1.19 bits per heavy atom. The highest BCUT2D eigenvalue weighted by Gasteiger charge is 2.28. The highest BCUT2D eigenvalue weighted by Crippen LogP contribution is 2.29. The number of benzene rings is 1. The molecule has 1 fully saturated rings. The van der Waals surface area contributed by atoms with Gasteiger partial charge in [-0.2, -0.15) is 0 Å². The number of aliphatic hydroxyl groups is 1. The molecular weight excluding hydrogens is 198 g/mol. The molecule has 1 aliphatic rings. The molecule has 1 aliphatic carbocycles. The predicted octanol–water partition coefficient (Wildman–Crippen LogP) is 3.10. The molecule has 0 atom stereocenters. The van der Waals surface area contributed by atoms with Crippen LogP contribution in [0, 0.1) is 6.92 Å². The molecule has 1 saturated carbocycles. The van der Waals surface area contributed by atoms with Gasteiger partial charge in [0.25, 0.3) is 0 Å². The summed E-state index contributed by atoms with van der Waals surface area (Å²) >= 11 is 0. The molecule has 0 amide bonds. The smallest absolute Gasteiger partial charge is 0.0621 e. The first-order valence-corrected chi connectivity index (χ1v) is 6.11. The Morgan fingerprint density at radius 2 is 1.75 bits per heavy atom. The number of hydrogen-bond donors (Lipinski definition) is 2. The Morgan fingerprint density at radius 3 is 2.31 bits per heavy atom. The predicted molar refractivity (Wildman–Crippen MR) is 67.7 cm³/mol. The Bertz CT molecular complexity index is 332. The first kappa shape index (κ1) is 11.5. The van der Waals surface area contributed by atoms with Crippen LogP contribution >= 0.6 is 0 Å². The third kappa shape index (κ3) is 2.99. The molecule has 0 radical (unpaired) electrons. The van der Waals surface area contributed by atoms with E-state index in [2.05, 4.69) is 36.5 Å². The topological polar surface area (TPSA) is 32.3 Å². The summed E-state index contributed by atoms with van der Waals surface area (Å²) in [5.41, 5.74) is 2.04. The Kier molecular flexibility index (Phi) is 3.20. The van der Waals surface area contributed by atoms with Crippen LogP contribution in [0.5, 0.6) is 0 Å². The van der Waals surface area contributed by atoms with E-state index >= 15 is 0 Å². The zero-order valence-electron chi connectivity index (χ0n) is 10.2. The fourth-order valence-electron chi connectivity index (χ4n) is 2.27. The van der Waals surface area contributed by atoms with Crippen molar-refractivity contribution < 1.29 is 5.11 Å². The van der Waals surface area contributed by atoms with Crippen molar-refractivity contribution in [3.05, 3.63) is 29.8 Å². The van der Waals surface area contributed by atoms with Crippen LogP contribution in [0.1, 0.15) is 38.2 Å². The van der Waals surface area contributed by atoms with Crippen LogP contribution in [-0.4, -0.2) is 16.7 Å².